The van der Waals surface area contributed by atoms with Gasteiger partial charge in [0.05, 0.1) is 6.20 Å². The second-order valence-electron chi connectivity index (χ2n) is 8.96. The Morgan fingerprint density at radius 2 is 1.79 bits per heavy atom. The molecule has 0 radical (unpaired) electrons. The minimum atomic E-state index is -4.47. The van der Waals surface area contributed by atoms with Crippen molar-refractivity contribution in [3.63, 3.8) is 0 Å². The maximum absolute atomic E-state index is 13.0. The van der Waals surface area contributed by atoms with E-state index in [1.807, 2.05) is 32.0 Å². The molecule has 0 saturated carbocycles. The van der Waals surface area contributed by atoms with E-state index in [4.69, 9.17) is 10.5 Å². The zero-order chi connectivity index (χ0) is 27.8. The lowest BCUT2D eigenvalue weighted by atomic mass is 10.0. The Balaban J connectivity index is 0.00000420. The van der Waals surface area contributed by atoms with Gasteiger partial charge in [-0.3, -0.25) is 14.6 Å². The van der Waals surface area contributed by atoms with Crippen LogP contribution in [0.2, 0.25) is 0 Å². The van der Waals surface area contributed by atoms with E-state index < -0.39 is 12.7 Å². The molecule has 0 unspecified atom stereocenters. The van der Waals surface area contributed by atoms with Crippen molar-refractivity contribution in [3.8, 4) is 22.6 Å². The molecule has 0 amide bonds. The van der Waals surface area contributed by atoms with E-state index in [0.717, 1.165) is 23.5 Å². The molecule has 200 valence electrons. The molecule has 3 aromatic heterocycles. The Morgan fingerprint density at radius 3 is 2.42 bits per heavy atom. The van der Waals surface area contributed by atoms with Crippen molar-refractivity contribution in [2.45, 2.75) is 20.0 Å². The van der Waals surface area contributed by atoms with Crippen molar-refractivity contribution >= 4 is 22.7 Å². The van der Waals surface area contributed by atoms with E-state index in [9.17, 15) is 22.8 Å². The number of rotatable bonds is 6. The summed E-state index contributed by atoms with van der Waals surface area (Å²) in [6, 6.07) is 8.74. The van der Waals surface area contributed by atoms with Crippen LogP contribution in [0.15, 0.2) is 63.5 Å². The summed E-state index contributed by atoms with van der Waals surface area (Å²) >= 11 is 0. The van der Waals surface area contributed by atoms with Gasteiger partial charge in [0.1, 0.15) is 17.8 Å². The third-order valence-corrected chi connectivity index (χ3v) is 6.06. The number of hydrogen-bond donors (Lipinski definition) is 2. The summed E-state index contributed by atoms with van der Waals surface area (Å²) in [5.74, 6) is 1.02. The van der Waals surface area contributed by atoms with E-state index in [1.165, 1.54) is 15.2 Å². The molecule has 3 N–H and O–H groups in total. The minimum Gasteiger partial charge on any atom is -0.455 e. The third-order valence-electron chi connectivity index (χ3n) is 6.06. The topological polar surface area (TPSA) is 107 Å². The first-order valence-corrected chi connectivity index (χ1v) is 11.6. The van der Waals surface area contributed by atoms with E-state index >= 15 is 0 Å². The van der Waals surface area contributed by atoms with Crippen LogP contribution in [0.25, 0.3) is 27.6 Å². The van der Waals surface area contributed by atoms with Gasteiger partial charge in [-0.1, -0.05) is 18.2 Å². The average molecular weight is 528 g/mol. The van der Waals surface area contributed by atoms with Crippen LogP contribution in [0.5, 0.6) is 11.5 Å². The summed E-state index contributed by atoms with van der Waals surface area (Å²) in [6.45, 7) is 2.45. The average Bonchev–Trinajstić information content (AvgIpc) is 3.28. The fourth-order valence-electron chi connectivity index (χ4n) is 4.12. The highest BCUT2D eigenvalue weighted by Gasteiger charge is 2.26. The third kappa shape index (κ3) is 5.26. The molecule has 0 bridgehead atoms. The monoisotopic (exact) mass is 527 g/mol. The SMILES string of the molecule is Cc1cccc(C)c1Oc1cn(C)c(=O)cc1-c1cn(C)c(=O)c2[nH]c(/C(C=NCC(F)(F)F)=C/N)cc12.[HH]. The van der Waals surface area contributed by atoms with Gasteiger partial charge in [-0.15, -0.1) is 0 Å². The summed E-state index contributed by atoms with van der Waals surface area (Å²) in [6.07, 6.45) is 0.783. The van der Waals surface area contributed by atoms with Crippen molar-refractivity contribution < 1.29 is 19.3 Å². The van der Waals surface area contributed by atoms with Gasteiger partial charge >= 0.3 is 6.18 Å². The first-order chi connectivity index (χ1) is 17.9. The molecular formula is C27H28F3N5O3. The summed E-state index contributed by atoms with van der Waals surface area (Å²) < 4.78 is 46.8. The van der Waals surface area contributed by atoms with Crippen LogP contribution in [-0.4, -0.2) is 33.1 Å². The molecule has 0 spiro atoms. The highest BCUT2D eigenvalue weighted by atomic mass is 19.4. The second-order valence-corrected chi connectivity index (χ2v) is 8.96. The summed E-state index contributed by atoms with van der Waals surface area (Å²) in [4.78, 5) is 32.0. The Labute approximate surface area is 217 Å². The number of benzene rings is 1. The standard InChI is InChI=1S/C27H26F3N5O3.H2/c1-15-6-5-7-16(2)25(15)38-22-13-34(3)23(36)9-18(22)20-12-35(4)26(37)24-19(20)8-21(33-24)17(10-31)11-32-14-27(28,29)30;/h5-13,33H,14,31H2,1-4H3;1H/b17-10+,32-11?;. The summed E-state index contributed by atoms with van der Waals surface area (Å²) in [5.41, 5.74) is 8.37. The van der Waals surface area contributed by atoms with Gasteiger partial charge in [0, 0.05) is 68.0 Å². The number of nitrogens with zero attached hydrogens (tertiary/aromatic N) is 3. The van der Waals surface area contributed by atoms with Crippen molar-refractivity contribution in [1.82, 2.24) is 14.1 Å². The van der Waals surface area contributed by atoms with Gasteiger partial charge in [-0.2, -0.15) is 13.2 Å². The number of ether oxygens (including phenoxy) is 1. The minimum absolute atomic E-state index is 0. The molecule has 1 aromatic carbocycles. The number of fused-ring (bicyclic) bond motifs is 1. The largest absolute Gasteiger partial charge is 0.455 e. The number of H-pyrrole nitrogens is 1. The van der Waals surface area contributed by atoms with Crippen LogP contribution < -0.4 is 21.6 Å². The van der Waals surface area contributed by atoms with Crippen LogP contribution in [-0.2, 0) is 14.1 Å². The number of aliphatic imine (C=N–C) groups is 1. The number of halogens is 3. The molecule has 0 saturated heterocycles. The maximum atomic E-state index is 13.0. The number of aryl methyl sites for hydroxylation is 4. The number of nitrogens with one attached hydrogen (secondary N) is 1. The quantitative estimate of drug-likeness (QED) is 0.351. The van der Waals surface area contributed by atoms with E-state index in [-0.39, 0.29) is 23.6 Å². The fourth-order valence-corrected chi connectivity index (χ4v) is 4.12. The molecule has 0 atom stereocenters. The zero-order valence-corrected chi connectivity index (χ0v) is 21.2. The molecule has 0 aliphatic rings. The molecule has 0 fully saturated rings. The van der Waals surface area contributed by atoms with E-state index in [0.29, 0.717) is 33.7 Å². The number of alkyl halides is 3. The zero-order valence-electron chi connectivity index (χ0n) is 21.2. The molecule has 11 heteroatoms. The van der Waals surface area contributed by atoms with Crippen LogP contribution in [0.4, 0.5) is 13.2 Å². The van der Waals surface area contributed by atoms with Crippen molar-refractivity contribution in [2.75, 3.05) is 6.54 Å². The number of nitrogens with two attached hydrogens (primary N) is 1. The first-order valence-electron chi connectivity index (χ1n) is 11.6. The molecule has 0 aliphatic heterocycles. The second kappa shape index (κ2) is 10.1. The predicted molar refractivity (Wildman–Crippen MR) is 144 cm³/mol. The molecule has 8 nitrogen and oxygen atoms in total. The predicted octanol–water partition coefficient (Wildman–Crippen LogP) is 4.82. The Bertz CT molecular complexity index is 1690. The number of para-hydroxylation sites is 1. The van der Waals surface area contributed by atoms with Crippen molar-refractivity contribution in [2.24, 2.45) is 24.8 Å². The normalized spacial score (nSPS) is 12.6. The lowest BCUT2D eigenvalue weighted by Crippen LogP contribution is -2.18. The summed E-state index contributed by atoms with van der Waals surface area (Å²) in [7, 11) is 3.16. The molecule has 3 heterocycles. The number of aromatic amines is 1. The molecule has 38 heavy (non-hydrogen) atoms. The highest BCUT2D eigenvalue weighted by Crippen LogP contribution is 2.38. The van der Waals surface area contributed by atoms with Crippen molar-refractivity contribution in [3.05, 3.63) is 86.5 Å². The number of pyridine rings is 2. The lowest BCUT2D eigenvalue weighted by Gasteiger charge is -2.17. The fraction of sp³-hybridized carbons (Fsp3) is 0.222. The number of hydrogen-bond acceptors (Lipinski definition) is 5. The lowest BCUT2D eigenvalue weighted by molar-refractivity contribution is -0.118. The Morgan fingerprint density at radius 1 is 1.11 bits per heavy atom. The molecule has 0 aliphatic carbocycles. The van der Waals surface area contributed by atoms with Crippen molar-refractivity contribution in [1.29, 1.82) is 0 Å². The van der Waals surface area contributed by atoms with Crippen LogP contribution >= 0.6 is 0 Å². The van der Waals surface area contributed by atoms with Crippen LogP contribution in [0.1, 0.15) is 18.2 Å². The van der Waals surface area contributed by atoms with Crippen LogP contribution in [0, 0.1) is 13.8 Å². The van der Waals surface area contributed by atoms with Gasteiger partial charge in [0.2, 0.25) is 0 Å². The smallest absolute Gasteiger partial charge is 0.407 e. The highest BCUT2D eigenvalue weighted by molar-refractivity contribution is 6.11. The number of aromatic nitrogens is 3. The van der Waals surface area contributed by atoms with E-state index in [1.54, 1.807) is 32.6 Å². The molecular weight excluding hydrogens is 499 g/mol. The molecule has 4 aromatic rings. The Hall–Kier alpha value is -4.54. The van der Waals surface area contributed by atoms with Gasteiger partial charge in [0.25, 0.3) is 11.1 Å². The van der Waals surface area contributed by atoms with Gasteiger partial charge in [-0.25, -0.2) is 0 Å². The number of allylic oxidation sites excluding steroid dienone is 1. The van der Waals surface area contributed by atoms with Gasteiger partial charge in [-0.05, 0) is 31.0 Å². The molecule has 4 rings (SSSR count). The van der Waals surface area contributed by atoms with Gasteiger partial charge < -0.3 is 24.6 Å². The maximum Gasteiger partial charge on any atom is 0.407 e. The Kier molecular flexibility index (Phi) is 7.03. The van der Waals surface area contributed by atoms with E-state index in [2.05, 4.69) is 9.98 Å². The summed E-state index contributed by atoms with van der Waals surface area (Å²) in [5, 5.41) is 0.436. The van der Waals surface area contributed by atoms with Crippen LogP contribution in [0.3, 0.4) is 0 Å². The van der Waals surface area contributed by atoms with Gasteiger partial charge in [0.15, 0.2) is 5.75 Å². The first kappa shape index (κ1) is 26.5.